The Hall–Kier alpha value is -1.43. The number of rotatable bonds is 8. The van der Waals surface area contributed by atoms with Crippen LogP contribution in [0.25, 0.3) is 0 Å². The first-order chi connectivity index (χ1) is 12.0. The van der Waals surface area contributed by atoms with Crippen molar-refractivity contribution in [2.45, 2.75) is 39.7 Å². The zero-order valence-electron chi connectivity index (χ0n) is 15.9. The average Bonchev–Trinajstić information content (AvgIpc) is 3.22. The van der Waals surface area contributed by atoms with Crippen molar-refractivity contribution in [1.29, 1.82) is 0 Å². The molecule has 0 bridgehead atoms. The van der Waals surface area contributed by atoms with Crippen LogP contribution in [0.4, 0.5) is 5.13 Å². The van der Waals surface area contributed by atoms with Crippen molar-refractivity contribution in [3.05, 3.63) is 22.8 Å². The molecule has 0 aliphatic carbocycles. The summed E-state index contributed by atoms with van der Waals surface area (Å²) in [5.74, 6) is 2.41. The van der Waals surface area contributed by atoms with Crippen molar-refractivity contribution in [3.63, 3.8) is 0 Å². The lowest BCUT2D eigenvalue weighted by Gasteiger charge is -2.10. The van der Waals surface area contributed by atoms with E-state index in [0.717, 1.165) is 29.2 Å². The molecule has 146 valence electrons. The minimum atomic E-state index is 0. The van der Waals surface area contributed by atoms with E-state index in [1.807, 2.05) is 45.1 Å². The molecule has 2 heterocycles. The summed E-state index contributed by atoms with van der Waals surface area (Å²) in [7, 11) is 3.97. The van der Waals surface area contributed by atoms with E-state index in [4.69, 9.17) is 4.52 Å². The number of thiazole rings is 1. The highest BCUT2D eigenvalue weighted by Gasteiger charge is 2.09. The second-order valence-corrected chi connectivity index (χ2v) is 6.93. The lowest BCUT2D eigenvalue weighted by atomic mass is 10.2. The highest BCUT2D eigenvalue weighted by Crippen LogP contribution is 2.18. The molecule has 0 fully saturated rings. The molecule has 2 aromatic heterocycles. The van der Waals surface area contributed by atoms with Gasteiger partial charge in [-0.1, -0.05) is 19.0 Å². The van der Waals surface area contributed by atoms with E-state index in [-0.39, 0.29) is 29.9 Å². The summed E-state index contributed by atoms with van der Waals surface area (Å²) in [5, 5.41) is 13.5. The van der Waals surface area contributed by atoms with E-state index in [1.165, 1.54) is 0 Å². The number of aliphatic imine (C=N–C) groups is 1. The molecule has 26 heavy (non-hydrogen) atoms. The van der Waals surface area contributed by atoms with Gasteiger partial charge in [-0.2, -0.15) is 4.98 Å². The van der Waals surface area contributed by atoms with Crippen LogP contribution in [0, 0.1) is 0 Å². The van der Waals surface area contributed by atoms with Crippen molar-refractivity contribution in [1.82, 2.24) is 25.8 Å². The summed E-state index contributed by atoms with van der Waals surface area (Å²) in [6.45, 7) is 8.14. The van der Waals surface area contributed by atoms with Crippen molar-refractivity contribution < 1.29 is 4.52 Å². The molecule has 8 nitrogen and oxygen atoms in total. The molecule has 0 atom stereocenters. The summed E-state index contributed by atoms with van der Waals surface area (Å²) in [5.41, 5.74) is 0.962. The van der Waals surface area contributed by atoms with Gasteiger partial charge in [-0.15, -0.1) is 35.3 Å². The Morgan fingerprint density at radius 3 is 2.65 bits per heavy atom. The second-order valence-electron chi connectivity index (χ2n) is 6.09. The van der Waals surface area contributed by atoms with Crippen molar-refractivity contribution in [2.24, 2.45) is 4.99 Å². The molecular formula is C16H28IN7OS. The minimum Gasteiger partial charge on any atom is -0.357 e. The second kappa shape index (κ2) is 11.3. The summed E-state index contributed by atoms with van der Waals surface area (Å²) in [6, 6.07) is 0. The summed E-state index contributed by atoms with van der Waals surface area (Å²) < 4.78 is 5.25. The van der Waals surface area contributed by atoms with Gasteiger partial charge in [-0.05, 0) is 6.92 Å². The van der Waals surface area contributed by atoms with E-state index in [0.29, 0.717) is 25.4 Å². The first-order valence-corrected chi connectivity index (χ1v) is 9.34. The molecule has 2 rings (SSSR count). The maximum atomic E-state index is 5.25. The highest BCUT2D eigenvalue weighted by molar-refractivity contribution is 14.0. The van der Waals surface area contributed by atoms with Gasteiger partial charge < -0.3 is 20.1 Å². The molecule has 0 aliphatic heterocycles. The Labute approximate surface area is 175 Å². The number of nitrogens with zero attached hydrogens (tertiary/aromatic N) is 5. The van der Waals surface area contributed by atoms with Crippen LogP contribution in [0.1, 0.15) is 44.1 Å². The normalized spacial score (nSPS) is 11.4. The van der Waals surface area contributed by atoms with Crippen LogP contribution in [0.2, 0.25) is 0 Å². The van der Waals surface area contributed by atoms with Crippen molar-refractivity contribution >= 4 is 46.4 Å². The van der Waals surface area contributed by atoms with Gasteiger partial charge in [0.05, 0.1) is 12.2 Å². The van der Waals surface area contributed by atoms with Crippen LogP contribution in [0.3, 0.4) is 0 Å². The molecule has 0 aliphatic rings. The number of aromatic nitrogens is 3. The van der Waals surface area contributed by atoms with Gasteiger partial charge in [-0.25, -0.2) is 9.98 Å². The fraction of sp³-hybridized carbons (Fsp3) is 0.625. The summed E-state index contributed by atoms with van der Waals surface area (Å²) >= 11 is 1.62. The van der Waals surface area contributed by atoms with Crippen LogP contribution in [-0.2, 0) is 13.0 Å². The SMILES string of the molecule is CCNC(=NCc1csc(N(C)C)n1)NCCc1nc(C(C)C)no1.I. The smallest absolute Gasteiger partial charge is 0.228 e. The summed E-state index contributed by atoms with van der Waals surface area (Å²) in [6.07, 6.45) is 0.658. The molecule has 0 unspecified atom stereocenters. The van der Waals surface area contributed by atoms with E-state index < -0.39 is 0 Å². The van der Waals surface area contributed by atoms with E-state index in [1.54, 1.807) is 11.3 Å². The van der Waals surface area contributed by atoms with E-state index in [2.05, 4.69) is 30.8 Å². The third-order valence-electron chi connectivity index (χ3n) is 3.30. The Kier molecular flexibility index (Phi) is 9.84. The number of hydrogen-bond donors (Lipinski definition) is 2. The standard InChI is InChI=1S/C16H27N7OS.HI/c1-6-17-15(19-9-12-10-25-16(20-12)23(4)5)18-8-7-13-21-14(11(2)3)22-24-13;/h10-11H,6-9H2,1-5H3,(H2,17,18,19);1H. The van der Waals surface area contributed by atoms with E-state index in [9.17, 15) is 0 Å². The number of halogens is 1. The Morgan fingerprint density at radius 1 is 1.31 bits per heavy atom. The first-order valence-electron chi connectivity index (χ1n) is 8.46. The van der Waals surface area contributed by atoms with Gasteiger partial charge in [0.15, 0.2) is 16.9 Å². The van der Waals surface area contributed by atoms with Crippen LogP contribution < -0.4 is 15.5 Å². The molecular weight excluding hydrogens is 465 g/mol. The molecule has 0 amide bonds. The number of nitrogens with one attached hydrogen (secondary N) is 2. The van der Waals surface area contributed by atoms with Gasteiger partial charge >= 0.3 is 0 Å². The van der Waals surface area contributed by atoms with Gasteiger partial charge in [0.2, 0.25) is 5.89 Å². The van der Waals surface area contributed by atoms with Crippen molar-refractivity contribution in [2.75, 3.05) is 32.1 Å². The third kappa shape index (κ3) is 7.06. The minimum absolute atomic E-state index is 0. The number of hydrogen-bond acceptors (Lipinski definition) is 7. The predicted molar refractivity (Wildman–Crippen MR) is 117 cm³/mol. The van der Waals surface area contributed by atoms with Crippen molar-refractivity contribution in [3.8, 4) is 0 Å². The van der Waals surface area contributed by atoms with Crippen LogP contribution in [0.5, 0.6) is 0 Å². The zero-order valence-corrected chi connectivity index (χ0v) is 19.1. The largest absolute Gasteiger partial charge is 0.357 e. The highest BCUT2D eigenvalue weighted by atomic mass is 127. The van der Waals surface area contributed by atoms with Gasteiger partial charge in [0.1, 0.15) is 0 Å². The maximum absolute atomic E-state index is 5.25. The fourth-order valence-electron chi connectivity index (χ4n) is 1.97. The van der Waals surface area contributed by atoms with Gasteiger partial charge in [0.25, 0.3) is 0 Å². The lowest BCUT2D eigenvalue weighted by Crippen LogP contribution is -2.38. The van der Waals surface area contributed by atoms with Crippen LogP contribution in [-0.4, -0.2) is 48.3 Å². The Balaban J connectivity index is 0.00000338. The molecule has 0 saturated carbocycles. The third-order valence-corrected chi connectivity index (χ3v) is 4.35. The van der Waals surface area contributed by atoms with E-state index >= 15 is 0 Å². The number of guanidine groups is 1. The molecule has 0 spiro atoms. The lowest BCUT2D eigenvalue weighted by molar-refractivity contribution is 0.371. The van der Waals surface area contributed by atoms with Gasteiger partial charge in [0, 0.05) is 44.9 Å². The van der Waals surface area contributed by atoms with Gasteiger partial charge in [-0.3, -0.25) is 0 Å². The molecule has 10 heteroatoms. The Bertz CT molecular complexity index is 684. The molecule has 0 aromatic carbocycles. The quantitative estimate of drug-likeness (QED) is 0.332. The zero-order chi connectivity index (χ0) is 18.2. The topological polar surface area (TPSA) is 91.5 Å². The molecule has 2 N–H and O–H groups in total. The fourth-order valence-corrected chi connectivity index (χ4v) is 2.72. The predicted octanol–water partition coefficient (Wildman–Crippen LogP) is 2.63. The first kappa shape index (κ1) is 22.6. The average molecular weight is 493 g/mol. The Morgan fingerprint density at radius 2 is 2.08 bits per heavy atom. The molecule has 2 aromatic rings. The molecule has 0 saturated heterocycles. The van der Waals surface area contributed by atoms with Crippen LogP contribution in [0.15, 0.2) is 14.9 Å². The molecule has 0 radical (unpaired) electrons. The maximum Gasteiger partial charge on any atom is 0.228 e. The monoisotopic (exact) mass is 493 g/mol. The summed E-state index contributed by atoms with van der Waals surface area (Å²) in [4.78, 5) is 15.5. The number of anilines is 1. The van der Waals surface area contributed by atoms with Crippen LogP contribution >= 0.6 is 35.3 Å².